The van der Waals surface area contributed by atoms with Crippen LogP contribution in [0.1, 0.15) is 30.2 Å². The van der Waals surface area contributed by atoms with E-state index in [1.165, 1.54) is 10.9 Å². The van der Waals surface area contributed by atoms with Crippen LogP contribution in [0.15, 0.2) is 48.0 Å². The molecular weight excluding hydrogens is 348 g/mol. The highest BCUT2D eigenvalue weighted by Crippen LogP contribution is 2.19. The number of thiophene rings is 1. The molecule has 1 amide bonds. The van der Waals surface area contributed by atoms with Gasteiger partial charge in [0.2, 0.25) is 0 Å². The van der Waals surface area contributed by atoms with Crippen molar-refractivity contribution in [1.29, 1.82) is 0 Å². The summed E-state index contributed by atoms with van der Waals surface area (Å²) in [5.74, 6) is -0.619. The molecule has 0 bridgehead atoms. The molecule has 6 heteroatoms. The maximum atomic E-state index is 12.0. The molecule has 0 radical (unpaired) electrons. The van der Waals surface area contributed by atoms with Crippen molar-refractivity contribution in [3.63, 3.8) is 0 Å². The predicted octanol–water partition coefficient (Wildman–Crippen LogP) is 3.80. The van der Waals surface area contributed by atoms with Gasteiger partial charge in [-0.05, 0) is 42.8 Å². The number of aromatic amines is 1. The van der Waals surface area contributed by atoms with Gasteiger partial charge in [0.05, 0.1) is 6.54 Å². The first-order chi connectivity index (χ1) is 12.6. The molecule has 2 aromatic heterocycles. The fraction of sp³-hybridized carbons (Fsp3) is 0.300. The van der Waals surface area contributed by atoms with Crippen molar-refractivity contribution in [3.05, 3.63) is 58.4 Å². The van der Waals surface area contributed by atoms with Gasteiger partial charge in [0.1, 0.15) is 0 Å². The summed E-state index contributed by atoms with van der Waals surface area (Å²) in [4.78, 5) is 28.3. The van der Waals surface area contributed by atoms with Crippen molar-refractivity contribution >= 4 is 34.1 Å². The van der Waals surface area contributed by atoms with Crippen LogP contribution in [-0.4, -0.2) is 23.0 Å². The topological polar surface area (TPSA) is 71.2 Å². The van der Waals surface area contributed by atoms with Gasteiger partial charge in [-0.2, -0.15) is 0 Å². The van der Waals surface area contributed by atoms with Crippen LogP contribution in [0.2, 0.25) is 0 Å². The second-order valence-electron chi connectivity index (χ2n) is 6.14. The van der Waals surface area contributed by atoms with Crippen LogP contribution in [0.3, 0.4) is 0 Å². The summed E-state index contributed by atoms with van der Waals surface area (Å²) in [5, 5.41) is 5.92. The van der Waals surface area contributed by atoms with Crippen LogP contribution in [0.4, 0.5) is 0 Å². The van der Waals surface area contributed by atoms with Crippen LogP contribution >= 0.6 is 11.3 Å². The summed E-state index contributed by atoms with van der Waals surface area (Å²) in [5.41, 5.74) is 2.29. The molecule has 3 aromatic rings. The summed E-state index contributed by atoms with van der Waals surface area (Å²) in [7, 11) is 0. The van der Waals surface area contributed by atoms with Crippen molar-refractivity contribution < 1.29 is 14.3 Å². The average molecular weight is 370 g/mol. The van der Waals surface area contributed by atoms with Crippen molar-refractivity contribution in [2.75, 3.05) is 0 Å². The van der Waals surface area contributed by atoms with E-state index in [1.54, 1.807) is 18.3 Å². The number of benzene rings is 1. The normalized spacial score (nSPS) is 12.0. The number of carbonyl (C=O) groups excluding carboxylic acids is 2. The molecule has 0 saturated heterocycles. The van der Waals surface area contributed by atoms with E-state index >= 15 is 0 Å². The molecule has 26 heavy (non-hydrogen) atoms. The number of nitrogens with one attached hydrogen (secondary N) is 2. The van der Waals surface area contributed by atoms with Crippen molar-refractivity contribution in [2.24, 2.45) is 0 Å². The summed E-state index contributed by atoms with van der Waals surface area (Å²) in [6.07, 6.45) is 2.97. The average Bonchev–Trinajstić information content (AvgIpc) is 3.29. The molecule has 0 saturated carbocycles. The highest BCUT2D eigenvalue weighted by molar-refractivity contribution is 7.09. The Morgan fingerprint density at radius 3 is 2.88 bits per heavy atom. The number of para-hydroxylation sites is 1. The monoisotopic (exact) mass is 370 g/mol. The number of hydrogen-bond acceptors (Lipinski definition) is 4. The molecule has 0 aliphatic carbocycles. The number of H-pyrrole nitrogens is 1. The van der Waals surface area contributed by atoms with Gasteiger partial charge in [-0.1, -0.05) is 24.3 Å². The van der Waals surface area contributed by atoms with Crippen molar-refractivity contribution in [3.8, 4) is 0 Å². The Morgan fingerprint density at radius 2 is 2.08 bits per heavy atom. The number of fused-ring (bicyclic) bond motifs is 1. The second-order valence-corrected chi connectivity index (χ2v) is 7.17. The molecule has 2 N–H and O–H groups in total. The van der Waals surface area contributed by atoms with E-state index in [0.717, 1.165) is 16.8 Å². The third-order valence-electron chi connectivity index (χ3n) is 4.20. The van der Waals surface area contributed by atoms with E-state index in [-0.39, 0.29) is 11.9 Å². The smallest absolute Gasteiger partial charge is 0.306 e. The Bertz CT molecular complexity index is 870. The van der Waals surface area contributed by atoms with Gasteiger partial charge >= 0.3 is 5.97 Å². The third kappa shape index (κ3) is 4.73. The van der Waals surface area contributed by atoms with Crippen LogP contribution in [0, 0.1) is 0 Å². The zero-order valence-corrected chi connectivity index (χ0v) is 15.5. The number of amides is 1. The molecule has 1 unspecified atom stereocenters. The maximum Gasteiger partial charge on any atom is 0.306 e. The lowest BCUT2D eigenvalue weighted by molar-refractivity contribution is -0.154. The van der Waals surface area contributed by atoms with Crippen LogP contribution in [0.5, 0.6) is 0 Å². The molecule has 0 aliphatic rings. The molecule has 2 heterocycles. The number of aryl methyl sites for hydroxylation is 1. The fourth-order valence-corrected chi connectivity index (χ4v) is 3.45. The van der Waals surface area contributed by atoms with Crippen LogP contribution in [0.25, 0.3) is 10.9 Å². The lowest BCUT2D eigenvalue weighted by Gasteiger charge is -2.13. The molecule has 136 valence electrons. The van der Waals surface area contributed by atoms with Gasteiger partial charge < -0.3 is 15.0 Å². The molecule has 0 aliphatic heterocycles. The Labute approximate surface area is 156 Å². The zero-order valence-electron chi connectivity index (χ0n) is 14.7. The van der Waals surface area contributed by atoms with E-state index in [1.807, 2.05) is 41.9 Å². The standard InChI is InChI=1S/C20H22N2O3S/c1-14(20(24)22-13-16-7-5-11-26-16)25-19(23)10-4-6-15-12-21-18-9-3-2-8-17(15)18/h2-3,5,7-9,11-12,14,21H,4,6,10,13H2,1H3,(H,22,24). The lowest BCUT2D eigenvalue weighted by Crippen LogP contribution is -2.35. The summed E-state index contributed by atoms with van der Waals surface area (Å²) in [6.45, 7) is 2.06. The summed E-state index contributed by atoms with van der Waals surface area (Å²) < 4.78 is 5.23. The van der Waals surface area contributed by atoms with Crippen LogP contribution in [-0.2, 0) is 27.3 Å². The van der Waals surface area contributed by atoms with Gasteiger partial charge in [-0.15, -0.1) is 11.3 Å². The minimum Gasteiger partial charge on any atom is -0.453 e. The quantitative estimate of drug-likeness (QED) is 0.593. The Morgan fingerprint density at radius 1 is 1.23 bits per heavy atom. The minimum absolute atomic E-state index is 0.275. The number of aromatic nitrogens is 1. The Kier molecular flexibility index (Phi) is 6.07. The lowest BCUT2D eigenvalue weighted by atomic mass is 10.1. The highest BCUT2D eigenvalue weighted by Gasteiger charge is 2.17. The summed E-state index contributed by atoms with van der Waals surface area (Å²) >= 11 is 1.58. The van der Waals surface area contributed by atoms with Crippen molar-refractivity contribution in [2.45, 2.75) is 38.8 Å². The van der Waals surface area contributed by atoms with Gasteiger partial charge in [0.25, 0.3) is 5.91 Å². The Hall–Kier alpha value is -2.60. The van der Waals surface area contributed by atoms with E-state index in [0.29, 0.717) is 19.4 Å². The minimum atomic E-state index is -0.782. The molecule has 5 nitrogen and oxygen atoms in total. The molecule has 3 rings (SSSR count). The van der Waals surface area contributed by atoms with Gasteiger partial charge in [0, 0.05) is 28.4 Å². The number of ether oxygens (including phenoxy) is 1. The molecule has 0 spiro atoms. The van der Waals surface area contributed by atoms with Crippen molar-refractivity contribution in [1.82, 2.24) is 10.3 Å². The van der Waals surface area contributed by atoms with E-state index in [4.69, 9.17) is 4.74 Å². The van der Waals surface area contributed by atoms with Gasteiger partial charge in [-0.25, -0.2) is 0 Å². The number of rotatable bonds is 8. The van der Waals surface area contributed by atoms with Gasteiger partial charge in [0.15, 0.2) is 6.10 Å². The molecule has 0 fully saturated rings. The highest BCUT2D eigenvalue weighted by atomic mass is 32.1. The molecular formula is C20H22N2O3S. The van der Waals surface area contributed by atoms with E-state index < -0.39 is 6.10 Å². The number of carbonyl (C=O) groups is 2. The Balaban J connectivity index is 1.40. The number of hydrogen-bond donors (Lipinski definition) is 2. The first kappa shape index (κ1) is 18.2. The van der Waals surface area contributed by atoms with E-state index in [2.05, 4.69) is 16.4 Å². The SMILES string of the molecule is CC(OC(=O)CCCc1c[nH]c2ccccc12)C(=O)NCc1cccs1. The number of esters is 1. The summed E-state index contributed by atoms with van der Waals surface area (Å²) in [6, 6.07) is 12.0. The zero-order chi connectivity index (χ0) is 18.4. The first-order valence-corrected chi connectivity index (χ1v) is 9.56. The maximum absolute atomic E-state index is 12.0. The molecule has 1 aromatic carbocycles. The molecule has 1 atom stereocenters. The first-order valence-electron chi connectivity index (χ1n) is 8.68. The van der Waals surface area contributed by atoms with E-state index in [9.17, 15) is 9.59 Å². The van der Waals surface area contributed by atoms with Crippen LogP contribution < -0.4 is 5.32 Å². The second kappa shape index (κ2) is 8.67. The fourth-order valence-electron chi connectivity index (χ4n) is 2.80. The van der Waals surface area contributed by atoms with Gasteiger partial charge in [-0.3, -0.25) is 9.59 Å². The predicted molar refractivity (Wildman–Crippen MR) is 103 cm³/mol. The third-order valence-corrected chi connectivity index (χ3v) is 5.07. The largest absolute Gasteiger partial charge is 0.453 e.